The van der Waals surface area contributed by atoms with Crippen LogP contribution in [0.2, 0.25) is 0 Å². The highest BCUT2D eigenvalue weighted by molar-refractivity contribution is 4.78. The molecule has 1 aliphatic rings. The summed E-state index contributed by atoms with van der Waals surface area (Å²) in [5.74, 6) is 0.868. The van der Waals surface area contributed by atoms with E-state index in [2.05, 4.69) is 31.0 Å². The SMILES string of the molecule is CCC1CCCN(CC(CO)NC(C)C)C1. The van der Waals surface area contributed by atoms with E-state index in [9.17, 15) is 5.11 Å². The molecule has 1 saturated heterocycles. The molecule has 0 aromatic rings. The lowest BCUT2D eigenvalue weighted by molar-refractivity contribution is 0.130. The van der Waals surface area contributed by atoms with E-state index < -0.39 is 0 Å². The van der Waals surface area contributed by atoms with E-state index in [1.165, 1.54) is 32.4 Å². The quantitative estimate of drug-likeness (QED) is 0.722. The Morgan fingerprint density at radius 2 is 2.19 bits per heavy atom. The van der Waals surface area contributed by atoms with Crippen molar-refractivity contribution in [1.82, 2.24) is 10.2 Å². The molecule has 3 heteroatoms. The van der Waals surface area contributed by atoms with Crippen molar-refractivity contribution >= 4 is 0 Å². The van der Waals surface area contributed by atoms with E-state index in [1.54, 1.807) is 0 Å². The summed E-state index contributed by atoms with van der Waals surface area (Å²) in [5, 5.41) is 12.8. The average molecular weight is 228 g/mol. The molecule has 0 aliphatic carbocycles. The highest BCUT2D eigenvalue weighted by Crippen LogP contribution is 2.19. The van der Waals surface area contributed by atoms with Gasteiger partial charge in [-0.3, -0.25) is 0 Å². The van der Waals surface area contributed by atoms with Crippen molar-refractivity contribution in [3.63, 3.8) is 0 Å². The van der Waals surface area contributed by atoms with Crippen molar-refractivity contribution < 1.29 is 5.11 Å². The van der Waals surface area contributed by atoms with Crippen LogP contribution in [0.4, 0.5) is 0 Å². The second-order valence-corrected chi connectivity index (χ2v) is 5.38. The molecule has 2 N–H and O–H groups in total. The minimum atomic E-state index is 0.232. The van der Waals surface area contributed by atoms with Gasteiger partial charge in [0.25, 0.3) is 0 Å². The topological polar surface area (TPSA) is 35.5 Å². The smallest absolute Gasteiger partial charge is 0.0597 e. The van der Waals surface area contributed by atoms with Crippen LogP contribution >= 0.6 is 0 Å². The van der Waals surface area contributed by atoms with Gasteiger partial charge in [0, 0.05) is 25.2 Å². The fourth-order valence-corrected chi connectivity index (χ4v) is 2.60. The molecule has 0 spiro atoms. The van der Waals surface area contributed by atoms with Crippen molar-refractivity contribution in [3.05, 3.63) is 0 Å². The number of aliphatic hydroxyl groups is 1. The first-order valence-electron chi connectivity index (χ1n) is 6.75. The van der Waals surface area contributed by atoms with Crippen molar-refractivity contribution in [2.75, 3.05) is 26.2 Å². The molecule has 3 nitrogen and oxygen atoms in total. The van der Waals surface area contributed by atoms with Gasteiger partial charge in [0.1, 0.15) is 0 Å². The molecule has 1 rings (SSSR count). The predicted octanol–water partition coefficient (Wildman–Crippen LogP) is 1.47. The standard InChI is InChI=1S/C13H28N2O/c1-4-12-6-5-7-15(8-12)9-13(10-16)14-11(2)3/h11-14,16H,4-10H2,1-3H3. The molecule has 1 heterocycles. The first-order chi connectivity index (χ1) is 7.65. The Kier molecular flexibility index (Phi) is 6.32. The second-order valence-electron chi connectivity index (χ2n) is 5.38. The van der Waals surface area contributed by atoms with Crippen LogP contribution in [-0.2, 0) is 0 Å². The van der Waals surface area contributed by atoms with E-state index in [4.69, 9.17) is 0 Å². The largest absolute Gasteiger partial charge is 0.395 e. The molecular weight excluding hydrogens is 200 g/mol. The van der Waals surface area contributed by atoms with Crippen LogP contribution in [0.3, 0.4) is 0 Å². The maximum absolute atomic E-state index is 9.34. The molecule has 2 unspecified atom stereocenters. The zero-order valence-corrected chi connectivity index (χ0v) is 11.1. The Bertz CT molecular complexity index is 185. The average Bonchev–Trinajstić information content (AvgIpc) is 2.28. The maximum Gasteiger partial charge on any atom is 0.0597 e. The van der Waals surface area contributed by atoms with E-state index in [1.807, 2.05) is 0 Å². The van der Waals surface area contributed by atoms with E-state index in [-0.39, 0.29) is 12.6 Å². The normalized spacial score (nSPS) is 24.9. The molecule has 0 bridgehead atoms. The number of rotatable bonds is 6. The van der Waals surface area contributed by atoms with Gasteiger partial charge in [-0.15, -0.1) is 0 Å². The van der Waals surface area contributed by atoms with Gasteiger partial charge in [-0.2, -0.15) is 0 Å². The molecule has 96 valence electrons. The summed E-state index contributed by atoms with van der Waals surface area (Å²) in [6.07, 6.45) is 3.99. The number of hydrogen-bond donors (Lipinski definition) is 2. The van der Waals surface area contributed by atoms with Crippen molar-refractivity contribution in [2.24, 2.45) is 5.92 Å². The third-order valence-electron chi connectivity index (χ3n) is 3.45. The van der Waals surface area contributed by atoms with Gasteiger partial charge < -0.3 is 15.3 Å². The maximum atomic E-state index is 9.34. The van der Waals surface area contributed by atoms with Crippen molar-refractivity contribution in [2.45, 2.75) is 52.1 Å². The van der Waals surface area contributed by atoms with Crippen LogP contribution in [0.25, 0.3) is 0 Å². The Morgan fingerprint density at radius 3 is 2.75 bits per heavy atom. The zero-order chi connectivity index (χ0) is 12.0. The molecule has 1 aliphatic heterocycles. The van der Waals surface area contributed by atoms with E-state index in [0.717, 1.165) is 12.5 Å². The van der Waals surface area contributed by atoms with Gasteiger partial charge in [-0.25, -0.2) is 0 Å². The number of hydrogen-bond acceptors (Lipinski definition) is 3. The predicted molar refractivity (Wildman–Crippen MR) is 68.6 cm³/mol. The van der Waals surface area contributed by atoms with Gasteiger partial charge in [0.15, 0.2) is 0 Å². The minimum absolute atomic E-state index is 0.232. The lowest BCUT2D eigenvalue weighted by Crippen LogP contribution is -2.48. The summed E-state index contributed by atoms with van der Waals surface area (Å²) < 4.78 is 0. The second kappa shape index (κ2) is 7.25. The van der Waals surface area contributed by atoms with Gasteiger partial charge >= 0.3 is 0 Å². The van der Waals surface area contributed by atoms with Crippen LogP contribution in [0, 0.1) is 5.92 Å². The minimum Gasteiger partial charge on any atom is -0.395 e. The van der Waals surface area contributed by atoms with Crippen LogP contribution in [0.15, 0.2) is 0 Å². The van der Waals surface area contributed by atoms with Crippen LogP contribution in [-0.4, -0.2) is 48.3 Å². The summed E-state index contributed by atoms with van der Waals surface area (Å²) in [6, 6.07) is 0.680. The lowest BCUT2D eigenvalue weighted by atomic mass is 9.95. The molecule has 0 aromatic heterocycles. The first kappa shape index (κ1) is 13.9. The Balaban J connectivity index is 2.33. The molecule has 0 aromatic carbocycles. The molecular formula is C13H28N2O. The van der Waals surface area contributed by atoms with E-state index >= 15 is 0 Å². The monoisotopic (exact) mass is 228 g/mol. The summed E-state index contributed by atoms with van der Waals surface area (Å²) in [5.41, 5.74) is 0. The third kappa shape index (κ3) is 4.81. The highest BCUT2D eigenvalue weighted by Gasteiger charge is 2.21. The summed E-state index contributed by atoms with van der Waals surface area (Å²) >= 11 is 0. The number of nitrogens with zero attached hydrogens (tertiary/aromatic N) is 1. The zero-order valence-electron chi connectivity index (χ0n) is 11.1. The van der Waals surface area contributed by atoms with Crippen LogP contribution < -0.4 is 5.32 Å². The van der Waals surface area contributed by atoms with Gasteiger partial charge in [-0.1, -0.05) is 27.2 Å². The van der Waals surface area contributed by atoms with Gasteiger partial charge in [0.2, 0.25) is 0 Å². The number of aliphatic hydroxyl groups excluding tert-OH is 1. The molecule has 16 heavy (non-hydrogen) atoms. The molecule has 0 saturated carbocycles. The highest BCUT2D eigenvalue weighted by atomic mass is 16.3. The Hall–Kier alpha value is -0.120. The first-order valence-corrected chi connectivity index (χ1v) is 6.75. The molecule has 0 radical (unpaired) electrons. The lowest BCUT2D eigenvalue weighted by Gasteiger charge is -2.35. The molecule has 1 fully saturated rings. The molecule has 0 amide bonds. The fourth-order valence-electron chi connectivity index (χ4n) is 2.60. The van der Waals surface area contributed by atoms with Gasteiger partial charge in [0.05, 0.1) is 6.61 Å². The van der Waals surface area contributed by atoms with Gasteiger partial charge in [-0.05, 0) is 25.3 Å². The number of piperidine rings is 1. The Morgan fingerprint density at radius 1 is 1.44 bits per heavy atom. The summed E-state index contributed by atoms with van der Waals surface area (Å²) in [4.78, 5) is 2.51. The number of likely N-dealkylation sites (tertiary alicyclic amines) is 1. The molecule has 2 atom stereocenters. The summed E-state index contributed by atoms with van der Waals surface area (Å²) in [7, 11) is 0. The van der Waals surface area contributed by atoms with E-state index in [0.29, 0.717) is 6.04 Å². The fraction of sp³-hybridized carbons (Fsp3) is 1.00. The van der Waals surface area contributed by atoms with Crippen LogP contribution in [0.5, 0.6) is 0 Å². The third-order valence-corrected chi connectivity index (χ3v) is 3.45. The summed E-state index contributed by atoms with van der Waals surface area (Å²) in [6.45, 7) is 10.2. The van der Waals surface area contributed by atoms with Crippen molar-refractivity contribution in [1.29, 1.82) is 0 Å². The van der Waals surface area contributed by atoms with Crippen LogP contribution in [0.1, 0.15) is 40.0 Å². The number of nitrogens with one attached hydrogen (secondary N) is 1. The van der Waals surface area contributed by atoms with Crippen molar-refractivity contribution in [3.8, 4) is 0 Å². The Labute approximate surface area is 100 Å².